The summed E-state index contributed by atoms with van der Waals surface area (Å²) in [5.74, 6) is 0.248. The highest BCUT2D eigenvalue weighted by Gasteiger charge is 2.19. The maximum atomic E-state index is 12.5. The van der Waals surface area contributed by atoms with Crippen molar-refractivity contribution in [2.45, 2.75) is 39.0 Å². The van der Waals surface area contributed by atoms with Gasteiger partial charge in [-0.2, -0.15) is 5.10 Å². The second-order valence-electron chi connectivity index (χ2n) is 6.18. The molecule has 2 aromatic heterocycles. The molecule has 1 fully saturated rings. The van der Waals surface area contributed by atoms with Gasteiger partial charge in [-0.1, -0.05) is 19.3 Å². The largest absolute Gasteiger partial charge is 0.352 e. The Labute approximate surface area is 128 Å². The monoisotopic (exact) mass is 302 g/mol. The lowest BCUT2D eigenvalue weighted by molar-refractivity contribution is 0.0942. The number of carbonyl (C=O) groups is 1. The van der Waals surface area contributed by atoms with Crippen LogP contribution >= 0.6 is 0 Å². The molecule has 0 atom stereocenters. The lowest BCUT2D eigenvalue weighted by Crippen LogP contribution is -2.33. The Morgan fingerprint density at radius 2 is 2.14 bits per heavy atom. The summed E-state index contributed by atoms with van der Waals surface area (Å²) in [7, 11) is 1.77. The number of nitrogens with zero attached hydrogens (tertiary/aromatic N) is 2. The molecule has 0 unspecified atom stereocenters. The van der Waals surface area contributed by atoms with Crippen molar-refractivity contribution in [3.63, 3.8) is 0 Å². The molecule has 0 spiro atoms. The van der Waals surface area contributed by atoms with Crippen molar-refractivity contribution in [3.8, 4) is 0 Å². The van der Waals surface area contributed by atoms with E-state index in [9.17, 15) is 9.59 Å². The highest BCUT2D eigenvalue weighted by atomic mass is 16.2. The smallest absolute Gasteiger partial charge is 0.256 e. The molecule has 1 amide bonds. The molecule has 0 bridgehead atoms. The van der Waals surface area contributed by atoms with Gasteiger partial charge in [0, 0.05) is 19.8 Å². The molecule has 1 saturated carbocycles. The summed E-state index contributed by atoms with van der Waals surface area (Å²) in [6.07, 6.45) is 7.59. The Kier molecular flexibility index (Phi) is 4.00. The van der Waals surface area contributed by atoms with Crippen LogP contribution in [0.5, 0.6) is 0 Å². The zero-order chi connectivity index (χ0) is 15.7. The molecule has 2 heterocycles. The van der Waals surface area contributed by atoms with Crippen LogP contribution < -0.4 is 10.7 Å². The maximum Gasteiger partial charge on any atom is 0.256 e. The number of aryl methyl sites for hydroxylation is 2. The Hall–Kier alpha value is -2.11. The third-order valence-corrected chi connectivity index (χ3v) is 4.57. The number of nitrogens with one attached hydrogen (secondary N) is 2. The number of aromatic amines is 1. The summed E-state index contributed by atoms with van der Waals surface area (Å²) >= 11 is 0. The van der Waals surface area contributed by atoms with Crippen LogP contribution in [0.3, 0.4) is 0 Å². The summed E-state index contributed by atoms with van der Waals surface area (Å²) in [5.41, 5.74) is 1.20. The van der Waals surface area contributed by atoms with Crippen molar-refractivity contribution >= 4 is 16.9 Å². The van der Waals surface area contributed by atoms with Crippen LogP contribution in [0.1, 0.15) is 48.2 Å². The van der Waals surface area contributed by atoms with E-state index in [1.54, 1.807) is 18.7 Å². The van der Waals surface area contributed by atoms with Crippen LogP contribution in [-0.4, -0.2) is 27.2 Å². The predicted octanol–water partition coefficient (Wildman–Crippen LogP) is 1.88. The average Bonchev–Trinajstić information content (AvgIpc) is 2.81. The van der Waals surface area contributed by atoms with E-state index in [-0.39, 0.29) is 16.9 Å². The molecule has 3 rings (SSSR count). The Morgan fingerprint density at radius 1 is 1.41 bits per heavy atom. The van der Waals surface area contributed by atoms with Gasteiger partial charge in [0.15, 0.2) is 0 Å². The van der Waals surface area contributed by atoms with Crippen molar-refractivity contribution in [1.82, 2.24) is 20.1 Å². The van der Waals surface area contributed by atoms with Gasteiger partial charge in [0.25, 0.3) is 5.91 Å². The number of hydrogen-bond acceptors (Lipinski definition) is 3. The van der Waals surface area contributed by atoms with E-state index in [4.69, 9.17) is 0 Å². The second-order valence-corrected chi connectivity index (χ2v) is 6.18. The van der Waals surface area contributed by atoms with Gasteiger partial charge in [0.1, 0.15) is 11.2 Å². The van der Waals surface area contributed by atoms with Gasteiger partial charge < -0.3 is 10.3 Å². The number of aromatic nitrogens is 3. The highest BCUT2D eigenvalue weighted by molar-refractivity contribution is 5.97. The average molecular weight is 302 g/mol. The van der Waals surface area contributed by atoms with Crippen LogP contribution in [0, 0.1) is 12.8 Å². The van der Waals surface area contributed by atoms with Crippen LogP contribution in [0.2, 0.25) is 0 Å². The van der Waals surface area contributed by atoms with Crippen LogP contribution in [0.25, 0.3) is 11.0 Å². The first-order valence-corrected chi connectivity index (χ1v) is 7.91. The van der Waals surface area contributed by atoms with Crippen molar-refractivity contribution in [1.29, 1.82) is 0 Å². The molecule has 0 saturated heterocycles. The molecule has 22 heavy (non-hydrogen) atoms. The fraction of sp³-hybridized carbons (Fsp3) is 0.562. The van der Waals surface area contributed by atoms with Gasteiger partial charge in [-0.3, -0.25) is 14.3 Å². The number of amides is 1. The molecule has 0 aliphatic heterocycles. The van der Waals surface area contributed by atoms with Gasteiger partial charge in [-0.05, 0) is 25.7 Å². The minimum atomic E-state index is -0.294. The first kappa shape index (κ1) is 14.8. The van der Waals surface area contributed by atoms with Crippen LogP contribution in [-0.2, 0) is 7.05 Å². The molecule has 118 valence electrons. The zero-order valence-electron chi connectivity index (χ0n) is 13.1. The molecular weight excluding hydrogens is 280 g/mol. The van der Waals surface area contributed by atoms with Crippen LogP contribution in [0.15, 0.2) is 11.0 Å². The van der Waals surface area contributed by atoms with Crippen molar-refractivity contribution in [2.24, 2.45) is 13.0 Å². The highest BCUT2D eigenvalue weighted by Crippen LogP contribution is 2.22. The second kappa shape index (κ2) is 5.94. The minimum Gasteiger partial charge on any atom is -0.352 e. The number of rotatable bonds is 3. The molecule has 0 aromatic carbocycles. The Balaban J connectivity index is 1.80. The number of hydrogen-bond donors (Lipinski definition) is 2. The molecule has 0 radical (unpaired) electrons. The Bertz CT molecular complexity index is 753. The molecule has 6 nitrogen and oxygen atoms in total. The maximum absolute atomic E-state index is 12.5. The van der Waals surface area contributed by atoms with E-state index < -0.39 is 0 Å². The quantitative estimate of drug-likeness (QED) is 0.908. The fourth-order valence-corrected chi connectivity index (χ4v) is 3.33. The first-order chi connectivity index (χ1) is 10.6. The van der Waals surface area contributed by atoms with Gasteiger partial charge in [-0.25, -0.2) is 0 Å². The summed E-state index contributed by atoms with van der Waals surface area (Å²) in [6, 6.07) is 0. The van der Waals surface area contributed by atoms with E-state index in [2.05, 4.69) is 15.4 Å². The number of H-pyrrole nitrogens is 1. The number of pyridine rings is 1. The molecule has 1 aliphatic carbocycles. The summed E-state index contributed by atoms with van der Waals surface area (Å²) < 4.78 is 1.62. The topological polar surface area (TPSA) is 79.8 Å². The molecule has 2 aromatic rings. The lowest BCUT2D eigenvalue weighted by atomic mass is 9.89. The van der Waals surface area contributed by atoms with Gasteiger partial charge in [0.2, 0.25) is 5.43 Å². The normalized spacial score (nSPS) is 16.1. The van der Waals surface area contributed by atoms with E-state index in [1.807, 2.05) is 0 Å². The van der Waals surface area contributed by atoms with E-state index >= 15 is 0 Å². The standard InChI is InChI=1S/C16H22N4O2/c1-10-13-14(21)12(9-17-15(13)20(2)19-10)16(22)18-8-11-6-4-3-5-7-11/h9,11H,3-8H2,1-2H3,(H,17,21)(H,18,22). The van der Waals surface area contributed by atoms with E-state index in [1.165, 1.54) is 25.5 Å². The Morgan fingerprint density at radius 3 is 2.86 bits per heavy atom. The van der Waals surface area contributed by atoms with Gasteiger partial charge in [0.05, 0.1) is 11.1 Å². The van der Waals surface area contributed by atoms with Crippen LogP contribution in [0.4, 0.5) is 0 Å². The van der Waals surface area contributed by atoms with E-state index in [0.29, 0.717) is 29.2 Å². The fourth-order valence-electron chi connectivity index (χ4n) is 3.33. The van der Waals surface area contributed by atoms with Gasteiger partial charge >= 0.3 is 0 Å². The lowest BCUT2D eigenvalue weighted by Gasteiger charge is -2.21. The SMILES string of the molecule is Cc1nn(C)c2[nH]cc(C(=O)NCC3CCCCC3)c(=O)c12. The number of carbonyl (C=O) groups excluding carboxylic acids is 1. The molecule has 1 aliphatic rings. The van der Waals surface area contributed by atoms with Gasteiger partial charge in [-0.15, -0.1) is 0 Å². The van der Waals surface area contributed by atoms with Crippen molar-refractivity contribution in [3.05, 3.63) is 27.7 Å². The summed E-state index contributed by atoms with van der Waals surface area (Å²) in [6.45, 7) is 2.43. The first-order valence-electron chi connectivity index (χ1n) is 7.91. The minimum absolute atomic E-state index is 0.166. The molecule has 2 N–H and O–H groups in total. The third kappa shape index (κ3) is 2.65. The van der Waals surface area contributed by atoms with Crippen molar-refractivity contribution < 1.29 is 4.79 Å². The van der Waals surface area contributed by atoms with E-state index in [0.717, 1.165) is 12.8 Å². The predicted molar refractivity (Wildman–Crippen MR) is 85.0 cm³/mol. The summed E-state index contributed by atoms with van der Waals surface area (Å²) in [4.78, 5) is 27.8. The third-order valence-electron chi connectivity index (χ3n) is 4.57. The number of fused-ring (bicyclic) bond motifs is 1. The molecular formula is C16H22N4O2. The van der Waals surface area contributed by atoms with Crippen molar-refractivity contribution in [2.75, 3.05) is 6.54 Å². The summed E-state index contributed by atoms with van der Waals surface area (Å²) in [5, 5.41) is 7.63. The molecule has 6 heteroatoms. The zero-order valence-corrected chi connectivity index (χ0v) is 13.1.